The molecule has 3 atom stereocenters. The maximum absolute atomic E-state index is 12.9. The molecular formula is C31H31N9O. The van der Waals surface area contributed by atoms with Gasteiger partial charge in [-0.3, -0.25) is 14.8 Å². The maximum Gasteiger partial charge on any atom is 0.251 e. The van der Waals surface area contributed by atoms with Gasteiger partial charge in [-0.2, -0.15) is 10.2 Å². The second-order valence-corrected chi connectivity index (χ2v) is 9.96. The predicted octanol–water partition coefficient (Wildman–Crippen LogP) is 4.98. The number of pyridine rings is 1. The number of allylic oxidation sites excluding steroid dienone is 4. The van der Waals surface area contributed by atoms with Crippen LogP contribution in [-0.4, -0.2) is 58.6 Å². The zero-order chi connectivity index (χ0) is 28.2. The van der Waals surface area contributed by atoms with E-state index in [1.807, 2.05) is 50.4 Å². The van der Waals surface area contributed by atoms with Crippen LogP contribution in [0.15, 0.2) is 92.8 Å². The highest BCUT2D eigenvalue weighted by atomic mass is 16.1. The topological polar surface area (TPSA) is 132 Å². The minimum absolute atomic E-state index is 0.0405. The maximum atomic E-state index is 12.9. The van der Waals surface area contributed by atoms with Crippen LogP contribution in [0.4, 0.5) is 0 Å². The van der Waals surface area contributed by atoms with Crippen molar-refractivity contribution in [3.8, 4) is 0 Å². The van der Waals surface area contributed by atoms with Gasteiger partial charge < -0.3 is 15.6 Å². The number of rotatable bonds is 8. The quantitative estimate of drug-likeness (QED) is 0.344. The molecule has 6 rings (SSSR count). The lowest BCUT2D eigenvalue weighted by Crippen LogP contribution is -2.33. The second-order valence-electron chi connectivity index (χ2n) is 9.96. The normalized spacial score (nSPS) is 21.6. The van der Waals surface area contributed by atoms with Crippen molar-refractivity contribution >= 4 is 40.9 Å². The van der Waals surface area contributed by atoms with Crippen LogP contribution in [0.1, 0.15) is 53.5 Å². The summed E-state index contributed by atoms with van der Waals surface area (Å²) in [7, 11) is 0. The summed E-state index contributed by atoms with van der Waals surface area (Å²) in [5.74, 6) is -0.0790. The van der Waals surface area contributed by atoms with E-state index >= 15 is 0 Å². The van der Waals surface area contributed by atoms with Crippen molar-refractivity contribution in [3.63, 3.8) is 0 Å². The first-order valence-electron chi connectivity index (χ1n) is 13.8. The number of hydrogen-bond donors (Lipinski definition) is 3. The Labute approximate surface area is 237 Å². The van der Waals surface area contributed by atoms with Crippen LogP contribution < -0.4 is 10.6 Å². The Morgan fingerprint density at radius 3 is 3.02 bits per heavy atom. The van der Waals surface area contributed by atoms with Crippen LogP contribution >= 0.6 is 0 Å². The number of aromatic amines is 1. The number of fused-ring (bicyclic) bond motifs is 2. The SMILES string of the molecule is C/C=C(\N=NCC1=CC=CC2NC=NC12)c1cc(C(=O)NCC)cc(C2=CCC(c3cccc4[nH]cnc34)C=N2)n1. The minimum Gasteiger partial charge on any atom is -0.368 e. The van der Waals surface area contributed by atoms with Crippen molar-refractivity contribution < 1.29 is 4.79 Å². The Hall–Kier alpha value is -4.99. The number of nitrogens with zero attached hydrogens (tertiary/aromatic N) is 6. The van der Waals surface area contributed by atoms with E-state index in [-0.39, 0.29) is 23.9 Å². The number of amides is 1. The predicted molar refractivity (Wildman–Crippen MR) is 162 cm³/mol. The summed E-state index contributed by atoms with van der Waals surface area (Å²) in [6.07, 6.45) is 16.2. The Morgan fingerprint density at radius 2 is 2.20 bits per heavy atom. The Balaban J connectivity index is 1.26. The van der Waals surface area contributed by atoms with Gasteiger partial charge in [0, 0.05) is 24.2 Å². The second kappa shape index (κ2) is 11.6. The average Bonchev–Trinajstić information content (AvgIpc) is 3.70. The number of aliphatic imine (C=N–C) groups is 2. The molecule has 0 saturated heterocycles. The molecule has 3 N–H and O–H groups in total. The largest absolute Gasteiger partial charge is 0.368 e. The third-order valence-electron chi connectivity index (χ3n) is 7.34. The number of benzene rings is 1. The summed E-state index contributed by atoms with van der Waals surface area (Å²) in [4.78, 5) is 34.7. The molecule has 4 heterocycles. The van der Waals surface area contributed by atoms with E-state index in [2.05, 4.69) is 54.0 Å². The number of carbonyl (C=O) groups is 1. The van der Waals surface area contributed by atoms with Crippen molar-refractivity contribution in [2.24, 2.45) is 20.2 Å². The highest BCUT2D eigenvalue weighted by Gasteiger charge is 2.27. The number of azo groups is 1. The monoisotopic (exact) mass is 545 g/mol. The molecule has 10 nitrogen and oxygen atoms in total. The van der Waals surface area contributed by atoms with Crippen LogP contribution in [0, 0.1) is 0 Å². The van der Waals surface area contributed by atoms with Crippen LogP contribution in [0.2, 0.25) is 0 Å². The number of carbonyl (C=O) groups excluding carboxylic acids is 1. The summed E-state index contributed by atoms with van der Waals surface area (Å²) in [5, 5.41) is 15.1. The molecule has 2 aromatic heterocycles. The van der Waals surface area contributed by atoms with E-state index in [4.69, 9.17) is 9.98 Å². The van der Waals surface area contributed by atoms with Crippen molar-refractivity contribution in [1.82, 2.24) is 25.6 Å². The number of hydrogen-bond acceptors (Lipinski definition) is 8. The van der Waals surface area contributed by atoms with E-state index in [1.165, 1.54) is 0 Å². The molecule has 2 aliphatic heterocycles. The lowest BCUT2D eigenvalue weighted by atomic mass is 9.93. The van der Waals surface area contributed by atoms with Gasteiger partial charge in [0.1, 0.15) is 5.70 Å². The molecule has 0 spiro atoms. The summed E-state index contributed by atoms with van der Waals surface area (Å²) in [6, 6.07) is 9.86. The Bertz CT molecular complexity index is 1690. The zero-order valence-corrected chi connectivity index (χ0v) is 23.0. The van der Waals surface area contributed by atoms with Gasteiger partial charge in [0.2, 0.25) is 0 Å². The van der Waals surface area contributed by atoms with Crippen LogP contribution in [0.3, 0.4) is 0 Å². The van der Waals surface area contributed by atoms with Crippen molar-refractivity contribution in [2.75, 3.05) is 13.1 Å². The molecular weight excluding hydrogens is 514 g/mol. The fourth-order valence-electron chi connectivity index (χ4n) is 5.25. The van der Waals surface area contributed by atoms with Gasteiger partial charge in [0.25, 0.3) is 5.91 Å². The molecule has 3 aromatic rings. The van der Waals surface area contributed by atoms with Crippen molar-refractivity contribution in [2.45, 2.75) is 38.3 Å². The first-order valence-corrected chi connectivity index (χ1v) is 13.8. The van der Waals surface area contributed by atoms with Crippen molar-refractivity contribution in [1.29, 1.82) is 0 Å². The summed E-state index contributed by atoms with van der Waals surface area (Å²) >= 11 is 0. The fourth-order valence-corrected chi connectivity index (χ4v) is 5.25. The molecule has 0 radical (unpaired) electrons. The lowest BCUT2D eigenvalue weighted by molar-refractivity contribution is 0.0955. The van der Waals surface area contributed by atoms with Crippen LogP contribution in [0.5, 0.6) is 0 Å². The molecule has 0 bridgehead atoms. The average molecular weight is 546 g/mol. The summed E-state index contributed by atoms with van der Waals surface area (Å²) in [6.45, 7) is 4.72. The van der Waals surface area contributed by atoms with E-state index in [9.17, 15) is 4.79 Å². The molecule has 41 heavy (non-hydrogen) atoms. The molecule has 3 unspecified atom stereocenters. The van der Waals surface area contributed by atoms with Crippen LogP contribution in [-0.2, 0) is 0 Å². The van der Waals surface area contributed by atoms with Crippen molar-refractivity contribution in [3.05, 3.63) is 95.1 Å². The molecule has 0 fully saturated rings. The highest BCUT2D eigenvalue weighted by molar-refractivity contribution is 5.96. The van der Waals surface area contributed by atoms with Gasteiger partial charge in [-0.25, -0.2) is 9.97 Å². The number of nitrogens with one attached hydrogen (secondary N) is 3. The van der Waals surface area contributed by atoms with Gasteiger partial charge in [0.05, 0.1) is 59.4 Å². The zero-order valence-electron chi connectivity index (χ0n) is 23.0. The molecule has 1 aromatic carbocycles. The lowest BCUT2D eigenvalue weighted by Gasteiger charge is -2.19. The molecule has 0 saturated carbocycles. The minimum atomic E-state index is -0.176. The number of imidazole rings is 1. The molecule has 1 aliphatic carbocycles. The third kappa shape index (κ3) is 5.41. The molecule has 10 heteroatoms. The first-order chi connectivity index (χ1) is 20.1. The number of para-hydroxylation sites is 1. The summed E-state index contributed by atoms with van der Waals surface area (Å²) in [5.41, 5.74) is 7.13. The first kappa shape index (κ1) is 26.2. The molecule has 1 amide bonds. The fraction of sp³-hybridized carbons (Fsp3) is 0.258. The smallest absolute Gasteiger partial charge is 0.251 e. The standard InChI is InChI=1S/C31H31N9O/c1-3-23(40-38-16-20-7-5-9-25-29(20)36-17-34-25)27-13-21(31(41)32-4-2)14-28(39-27)24-12-11-19(15-33-24)22-8-6-10-26-30(22)37-18-35-26/h3,5-10,12-15,17-19,25,29H,4,11,16H2,1-2H3,(H,32,41)(H,34,36)(H,35,37)/b23-3-,40-38?. The van der Waals surface area contributed by atoms with E-state index in [0.717, 1.165) is 28.6 Å². The van der Waals surface area contributed by atoms with Gasteiger partial charge in [-0.15, -0.1) is 0 Å². The third-order valence-corrected chi connectivity index (χ3v) is 7.34. The molecule has 3 aliphatic rings. The Morgan fingerprint density at radius 1 is 1.27 bits per heavy atom. The number of aromatic nitrogens is 3. The summed E-state index contributed by atoms with van der Waals surface area (Å²) < 4.78 is 0. The Kier molecular flexibility index (Phi) is 7.44. The van der Waals surface area contributed by atoms with Crippen LogP contribution in [0.25, 0.3) is 22.4 Å². The van der Waals surface area contributed by atoms with Gasteiger partial charge in [-0.1, -0.05) is 42.5 Å². The highest BCUT2D eigenvalue weighted by Crippen LogP contribution is 2.31. The van der Waals surface area contributed by atoms with E-state index < -0.39 is 0 Å². The number of H-pyrrole nitrogens is 1. The van der Waals surface area contributed by atoms with Gasteiger partial charge >= 0.3 is 0 Å². The molecule has 206 valence electrons. The van der Waals surface area contributed by atoms with E-state index in [1.54, 1.807) is 24.8 Å². The van der Waals surface area contributed by atoms with Gasteiger partial charge in [0.15, 0.2) is 0 Å². The van der Waals surface area contributed by atoms with Gasteiger partial charge in [-0.05, 0) is 49.6 Å². The van der Waals surface area contributed by atoms with E-state index in [0.29, 0.717) is 41.4 Å².